The first kappa shape index (κ1) is 16.3. The van der Waals surface area contributed by atoms with Gasteiger partial charge in [-0.25, -0.2) is 0 Å². The van der Waals surface area contributed by atoms with Crippen molar-refractivity contribution in [3.63, 3.8) is 0 Å². The average molecular weight is 302 g/mol. The summed E-state index contributed by atoms with van der Waals surface area (Å²) in [5.41, 5.74) is 0. The SMILES string of the molecule is CCC(CCO)CNC(=O)CSc1ccccc1Cl. The summed E-state index contributed by atoms with van der Waals surface area (Å²) >= 11 is 7.45. The highest BCUT2D eigenvalue weighted by molar-refractivity contribution is 8.00. The van der Waals surface area contributed by atoms with E-state index >= 15 is 0 Å². The molecule has 0 spiro atoms. The minimum absolute atomic E-state index is 0.00121. The number of carbonyl (C=O) groups is 1. The second kappa shape index (κ2) is 9.23. The van der Waals surface area contributed by atoms with Crippen LogP contribution in [0.4, 0.5) is 0 Å². The van der Waals surface area contributed by atoms with Crippen LogP contribution in [-0.2, 0) is 4.79 Å². The summed E-state index contributed by atoms with van der Waals surface area (Å²) in [4.78, 5) is 12.6. The number of amides is 1. The lowest BCUT2D eigenvalue weighted by Crippen LogP contribution is -2.30. The summed E-state index contributed by atoms with van der Waals surface area (Å²) in [5.74, 6) is 0.708. The van der Waals surface area contributed by atoms with Gasteiger partial charge >= 0.3 is 0 Å². The van der Waals surface area contributed by atoms with Gasteiger partial charge in [0, 0.05) is 18.0 Å². The van der Waals surface area contributed by atoms with Crippen LogP contribution in [0.5, 0.6) is 0 Å². The third kappa shape index (κ3) is 6.32. The standard InChI is InChI=1S/C14H20ClNO2S/c1-2-11(7-8-17)9-16-14(18)10-19-13-6-4-3-5-12(13)15/h3-6,11,17H,2,7-10H2,1H3,(H,16,18). The van der Waals surface area contributed by atoms with Crippen molar-refractivity contribution in [1.82, 2.24) is 5.32 Å². The molecule has 0 saturated carbocycles. The predicted octanol–water partition coefficient (Wildman–Crippen LogP) is 2.96. The summed E-state index contributed by atoms with van der Waals surface area (Å²) in [6.07, 6.45) is 1.69. The lowest BCUT2D eigenvalue weighted by molar-refractivity contribution is -0.118. The van der Waals surface area contributed by atoms with Crippen molar-refractivity contribution in [1.29, 1.82) is 0 Å². The molecule has 1 atom stereocenters. The first-order valence-electron chi connectivity index (χ1n) is 6.42. The Labute approximate surface area is 123 Å². The lowest BCUT2D eigenvalue weighted by atomic mass is 10.0. The molecule has 0 aromatic heterocycles. The zero-order valence-corrected chi connectivity index (χ0v) is 12.6. The van der Waals surface area contributed by atoms with Crippen LogP contribution < -0.4 is 5.32 Å². The Morgan fingerprint density at radius 1 is 1.47 bits per heavy atom. The highest BCUT2D eigenvalue weighted by Crippen LogP contribution is 2.26. The van der Waals surface area contributed by atoms with Crippen LogP contribution in [0.25, 0.3) is 0 Å². The number of rotatable bonds is 8. The molecule has 2 N–H and O–H groups in total. The zero-order chi connectivity index (χ0) is 14.1. The molecule has 0 radical (unpaired) electrons. The minimum atomic E-state index is 0.00121. The molecule has 106 valence electrons. The fraction of sp³-hybridized carbons (Fsp3) is 0.500. The molecule has 0 saturated heterocycles. The second-order valence-electron chi connectivity index (χ2n) is 4.31. The molecule has 0 aliphatic rings. The van der Waals surface area contributed by atoms with Crippen LogP contribution in [0.2, 0.25) is 5.02 Å². The van der Waals surface area contributed by atoms with Gasteiger partial charge in [-0.3, -0.25) is 4.79 Å². The smallest absolute Gasteiger partial charge is 0.230 e. The number of nitrogens with one attached hydrogen (secondary N) is 1. The van der Waals surface area contributed by atoms with Gasteiger partial charge in [-0.2, -0.15) is 0 Å². The second-order valence-corrected chi connectivity index (χ2v) is 5.73. The van der Waals surface area contributed by atoms with Crippen molar-refractivity contribution in [2.75, 3.05) is 18.9 Å². The Kier molecular flexibility index (Phi) is 7.94. The number of hydrogen-bond donors (Lipinski definition) is 2. The molecule has 1 aromatic rings. The number of benzene rings is 1. The van der Waals surface area contributed by atoms with Gasteiger partial charge in [-0.15, -0.1) is 11.8 Å². The van der Waals surface area contributed by atoms with Crippen LogP contribution in [0.1, 0.15) is 19.8 Å². The Bertz CT molecular complexity index is 401. The minimum Gasteiger partial charge on any atom is -0.396 e. The van der Waals surface area contributed by atoms with E-state index in [1.54, 1.807) is 0 Å². The normalized spacial score (nSPS) is 12.2. The van der Waals surface area contributed by atoms with E-state index in [1.165, 1.54) is 11.8 Å². The summed E-state index contributed by atoms with van der Waals surface area (Å²) < 4.78 is 0. The molecular weight excluding hydrogens is 282 g/mol. The monoisotopic (exact) mass is 301 g/mol. The van der Waals surface area contributed by atoms with Crippen LogP contribution in [0.15, 0.2) is 29.2 Å². The Balaban J connectivity index is 2.30. The molecule has 1 amide bonds. The van der Waals surface area contributed by atoms with Crippen LogP contribution >= 0.6 is 23.4 Å². The number of aliphatic hydroxyl groups excluding tert-OH is 1. The molecule has 5 heteroatoms. The van der Waals surface area contributed by atoms with E-state index in [1.807, 2.05) is 24.3 Å². The number of thioether (sulfide) groups is 1. The molecule has 1 aromatic carbocycles. The number of halogens is 1. The van der Waals surface area contributed by atoms with Gasteiger partial charge in [-0.1, -0.05) is 37.1 Å². The van der Waals surface area contributed by atoms with Crippen molar-refractivity contribution in [2.45, 2.75) is 24.7 Å². The average Bonchev–Trinajstić information content (AvgIpc) is 2.42. The highest BCUT2D eigenvalue weighted by atomic mass is 35.5. The molecule has 1 unspecified atom stereocenters. The van der Waals surface area contributed by atoms with Crippen LogP contribution in [-0.4, -0.2) is 29.9 Å². The maximum Gasteiger partial charge on any atom is 0.230 e. The highest BCUT2D eigenvalue weighted by Gasteiger charge is 2.09. The quantitative estimate of drug-likeness (QED) is 0.726. The van der Waals surface area contributed by atoms with E-state index in [4.69, 9.17) is 16.7 Å². The Morgan fingerprint density at radius 3 is 2.84 bits per heavy atom. The zero-order valence-electron chi connectivity index (χ0n) is 11.1. The molecular formula is C14H20ClNO2S. The summed E-state index contributed by atoms with van der Waals surface area (Å²) in [6, 6.07) is 7.49. The van der Waals surface area contributed by atoms with Crippen LogP contribution in [0, 0.1) is 5.92 Å². The van der Waals surface area contributed by atoms with E-state index in [-0.39, 0.29) is 12.5 Å². The Morgan fingerprint density at radius 2 is 2.21 bits per heavy atom. The van der Waals surface area contributed by atoms with Gasteiger partial charge in [0.05, 0.1) is 10.8 Å². The summed E-state index contributed by atoms with van der Waals surface area (Å²) in [5, 5.41) is 12.5. The first-order valence-corrected chi connectivity index (χ1v) is 7.78. The topological polar surface area (TPSA) is 49.3 Å². The molecule has 3 nitrogen and oxygen atoms in total. The molecule has 0 fully saturated rings. The molecule has 0 aliphatic carbocycles. The van der Waals surface area contributed by atoms with Gasteiger partial charge in [-0.05, 0) is 24.5 Å². The largest absolute Gasteiger partial charge is 0.396 e. The van der Waals surface area contributed by atoms with E-state index in [0.717, 1.165) is 17.7 Å². The van der Waals surface area contributed by atoms with Crippen molar-refractivity contribution in [2.24, 2.45) is 5.92 Å². The van der Waals surface area contributed by atoms with Crippen molar-refractivity contribution in [3.8, 4) is 0 Å². The predicted molar refractivity (Wildman–Crippen MR) is 80.7 cm³/mol. The molecule has 19 heavy (non-hydrogen) atoms. The van der Waals surface area contributed by atoms with E-state index in [0.29, 0.717) is 23.2 Å². The number of carbonyl (C=O) groups excluding carboxylic acids is 1. The first-order chi connectivity index (χ1) is 9.17. The number of aliphatic hydroxyl groups is 1. The fourth-order valence-electron chi connectivity index (χ4n) is 1.65. The maximum absolute atomic E-state index is 11.7. The molecule has 0 bridgehead atoms. The fourth-order valence-corrected chi connectivity index (χ4v) is 2.72. The Hall–Kier alpha value is -0.710. The van der Waals surface area contributed by atoms with Gasteiger partial charge in [0.1, 0.15) is 0 Å². The van der Waals surface area contributed by atoms with Crippen molar-refractivity contribution >= 4 is 29.3 Å². The lowest BCUT2D eigenvalue weighted by Gasteiger charge is -2.14. The third-order valence-electron chi connectivity index (χ3n) is 2.90. The molecule has 0 heterocycles. The van der Waals surface area contributed by atoms with Crippen LogP contribution in [0.3, 0.4) is 0 Å². The van der Waals surface area contributed by atoms with Gasteiger partial charge in [0.2, 0.25) is 5.91 Å². The summed E-state index contributed by atoms with van der Waals surface area (Å²) in [6.45, 7) is 2.85. The van der Waals surface area contributed by atoms with E-state index < -0.39 is 0 Å². The van der Waals surface area contributed by atoms with Gasteiger partial charge in [0.25, 0.3) is 0 Å². The van der Waals surface area contributed by atoms with Gasteiger partial charge < -0.3 is 10.4 Å². The molecule has 0 aliphatic heterocycles. The van der Waals surface area contributed by atoms with Crippen molar-refractivity contribution < 1.29 is 9.90 Å². The summed E-state index contributed by atoms with van der Waals surface area (Å²) in [7, 11) is 0. The third-order valence-corrected chi connectivity index (χ3v) is 4.41. The van der Waals surface area contributed by atoms with E-state index in [2.05, 4.69) is 12.2 Å². The maximum atomic E-state index is 11.7. The van der Waals surface area contributed by atoms with Gasteiger partial charge in [0.15, 0.2) is 0 Å². The van der Waals surface area contributed by atoms with E-state index in [9.17, 15) is 4.79 Å². The molecule has 1 rings (SSSR count). The van der Waals surface area contributed by atoms with Crippen molar-refractivity contribution in [3.05, 3.63) is 29.3 Å². The number of hydrogen-bond acceptors (Lipinski definition) is 3.